The van der Waals surface area contributed by atoms with E-state index in [1.807, 2.05) is 29.2 Å². The largest absolute Gasteiger partial charge is 0.496 e. The molecule has 0 saturated carbocycles. The number of hydrogen-bond donors (Lipinski definition) is 1. The molecule has 2 aliphatic rings. The number of ether oxygens (including phenoxy) is 1. The standard InChI is InChI=1S/C18H22N2O6S2/c1-26-14-6-3-2-5-12(14)9-20-13-10-28(24,25)11-15(13)27-18(20)19-16(21)7-4-8-17(22)23/h2-3,5-6,13,15H,4,7-11H2,1H3,(H,22,23)/t13-,15-/m0/s1. The molecule has 2 atom stereocenters. The van der Waals surface area contributed by atoms with Crippen molar-refractivity contribution in [2.24, 2.45) is 4.99 Å². The summed E-state index contributed by atoms with van der Waals surface area (Å²) in [6.07, 6.45) is 0.188. The molecular weight excluding hydrogens is 404 g/mol. The van der Waals surface area contributed by atoms with Crippen LogP contribution in [0.1, 0.15) is 24.8 Å². The number of amides is 1. The molecule has 2 aliphatic heterocycles. The predicted octanol–water partition coefficient (Wildman–Crippen LogP) is 1.55. The van der Waals surface area contributed by atoms with E-state index in [-0.39, 0.29) is 42.1 Å². The minimum absolute atomic E-state index is 0.0338. The van der Waals surface area contributed by atoms with Crippen molar-refractivity contribution in [3.05, 3.63) is 29.8 Å². The minimum atomic E-state index is -3.12. The summed E-state index contributed by atoms with van der Waals surface area (Å²) in [4.78, 5) is 28.8. The Hall–Kier alpha value is -2.07. The van der Waals surface area contributed by atoms with Gasteiger partial charge in [-0.2, -0.15) is 4.99 Å². The Kier molecular flexibility index (Phi) is 6.29. The van der Waals surface area contributed by atoms with Gasteiger partial charge in [0.15, 0.2) is 15.0 Å². The molecule has 3 rings (SSSR count). The third-order valence-corrected chi connectivity index (χ3v) is 7.96. The van der Waals surface area contributed by atoms with E-state index >= 15 is 0 Å². The maximum absolute atomic E-state index is 12.2. The molecule has 0 radical (unpaired) electrons. The quantitative estimate of drug-likeness (QED) is 0.699. The molecular formula is C18H22N2O6S2. The Morgan fingerprint density at radius 2 is 2.04 bits per heavy atom. The van der Waals surface area contributed by atoms with Crippen molar-refractivity contribution in [1.29, 1.82) is 0 Å². The maximum Gasteiger partial charge on any atom is 0.303 e. The lowest BCUT2D eigenvalue weighted by atomic mass is 10.1. The molecule has 1 N–H and O–H groups in total. The molecule has 8 nitrogen and oxygen atoms in total. The number of sulfone groups is 1. The highest BCUT2D eigenvalue weighted by molar-refractivity contribution is 8.15. The molecule has 2 saturated heterocycles. The summed E-state index contributed by atoms with van der Waals surface area (Å²) in [6, 6.07) is 7.20. The van der Waals surface area contributed by atoms with Crippen LogP contribution in [0.5, 0.6) is 5.75 Å². The number of carboxylic acids is 1. The number of amidine groups is 1. The third-order valence-electron chi connectivity index (χ3n) is 4.71. The molecule has 28 heavy (non-hydrogen) atoms. The molecule has 2 heterocycles. The molecule has 1 amide bonds. The summed E-state index contributed by atoms with van der Waals surface area (Å²) >= 11 is 1.31. The van der Waals surface area contributed by atoms with Gasteiger partial charge in [0.1, 0.15) is 5.75 Å². The van der Waals surface area contributed by atoms with E-state index in [9.17, 15) is 18.0 Å². The first-order valence-electron chi connectivity index (χ1n) is 8.88. The van der Waals surface area contributed by atoms with Crippen LogP contribution in [-0.2, 0) is 26.0 Å². The smallest absolute Gasteiger partial charge is 0.303 e. The van der Waals surface area contributed by atoms with Gasteiger partial charge in [-0.15, -0.1) is 0 Å². The lowest BCUT2D eigenvalue weighted by Crippen LogP contribution is -2.37. The number of thioether (sulfide) groups is 1. The van der Waals surface area contributed by atoms with E-state index in [2.05, 4.69) is 4.99 Å². The number of aliphatic carboxylic acids is 1. The van der Waals surface area contributed by atoms with Crippen molar-refractivity contribution in [2.45, 2.75) is 37.1 Å². The number of rotatable bonds is 7. The van der Waals surface area contributed by atoms with Crippen LogP contribution in [0.15, 0.2) is 29.3 Å². The van der Waals surface area contributed by atoms with Crippen molar-refractivity contribution in [1.82, 2.24) is 4.90 Å². The summed E-state index contributed by atoms with van der Waals surface area (Å²) in [5.74, 6) is -0.558. The highest BCUT2D eigenvalue weighted by Gasteiger charge is 2.48. The highest BCUT2D eigenvalue weighted by atomic mass is 32.2. The lowest BCUT2D eigenvalue weighted by molar-refractivity contribution is -0.137. The Bertz CT molecular complexity index is 899. The number of hydrogen-bond acceptors (Lipinski definition) is 6. The number of nitrogens with zero attached hydrogens (tertiary/aromatic N) is 2. The first kappa shape index (κ1) is 20.7. The van der Waals surface area contributed by atoms with Crippen LogP contribution in [0.4, 0.5) is 0 Å². The van der Waals surface area contributed by atoms with E-state index in [4.69, 9.17) is 9.84 Å². The van der Waals surface area contributed by atoms with Gasteiger partial charge in [0.2, 0.25) is 5.91 Å². The topological polar surface area (TPSA) is 113 Å². The number of para-hydroxylation sites is 1. The van der Waals surface area contributed by atoms with Gasteiger partial charge in [-0.3, -0.25) is 9.59 Å². The third kappa shape index (κ3) is 4.85. The Morgan fingerprint density at radius 3 is 2.75 bits per heavy atom. The maximum atomic E-state index is 12.2. The van der Waals surface area contributed by atoms with Gasteiger partial charge >= 0.3 is 5.97 Å². The normalized spacial score (nSPS) is 24.3. The van der Waals surface area contributed by atoms with E-state index in [0.29, 0.717) is 17.5 Å². The molecule has 1 aromatic carbocycles. The van der Waals surface area contributed by atoms with Crippen molar-refractivity contribution in [3.8, 4) is 5.75 Å². The number of fused-ring (bicyclic) bond motifs is 1. The number of benzene rings is 1. The summed E-state index contributed by atoms with van der Waals surface area (Å²) in [5.41, 5.74) is 0.876. The molecule has 0 bridgehead atoms. The average Bonchev–Trinajstić information content (AvgIpc) is 3.07. The van der Waals surface area contributed by atoms with Crippen LogP contribution in [0.25, 0.3) is 0 Å². The second-order valence-electron chi connectivity index (χ2n) is 6.78. The van der Waals surface area contributed by atoms with E-state index in [0.717, 1.165) is 5.56 Å². The van der Waals surface area contributed by atoms with Crippen molar-refractivity contribution in [2.75, 3.05) is 18.6 Å². The minimum Gasteiger partial charge on any atom is -0.496 e. The predicted molar refractivity (Wildman–Crippen MR) is 106 cm³/mol. The molecule has 0 aliphatic carbocycles. The van der Waals surface area contributed by atoms with Gasteiger partial charge in [-0.1, -0.05) is 30.0 Å². The second kappa shape index (κ2) is 8.52. The summed E-state index contributed by atoms with van der Waals surface area (Å²) < 4.78 is 29.5. The molecule has 0 aromatic heterocycles. The fraction of sp³-hybridized carbons (Fsp3) is 0.500. The van der Waals surface area contributed by atoms with Crippen molar-refractivity contribution >= 4 is 38.6 Å². The molecule has 0 spiro atoms. The van der Waals surface area contributed by atoms with Crippen LogP contribution < -0.4 is 4.74 Å². The Balaban J connectivity index is 1.81. The zero-order chi connectivity index (χ0) is 20.3. The van der Waals surface area contributed by atoms with Gasteiger partial charge < -0.3 is 14.7 Å². The van der Waals surface area contributed by atoms with Crippen LogP contribution in [0, 0.1) is 0 Å². The molecule has 10 heteroatoms. The van der Waals surface area contributed by atoms with Crippen LogP contribution in [0.2, 0.25) is 0 Å². The fourth-order valence-corrected chi connectivity index (χ4v) is 7.36. The SMILES string of the molecule is COc1ccccc1CN1C(=NC(=O)CCCC(=O)O)S[C@H]2CS(=O)(=O)C[C@@H]21. The van der Waals surface area contributed by atoms with Gasteiger partial charge in [0.25, 0.3) is 0 Å². The van der Waals surface area contributed by atoms with Crippen LogP contribution in [-0.4, -0.2) is 65.4 Å². The van der Waals surface area contributed by atoms with E-state index in [1.165, 1.54) is 11.8 Å². The monoisotopic (exact) mass is 426 g/mol. The zero-order valence-corrected chi connectivity index (χ0v) is 17.0. The second-order valence-corrected chi connectivity index (χ2v) is 10.1. The van der Waals surface area contributed by atoms with Gasteiger partial charge in [-0.25, -0.2) is 8.42 Å². The first-order chi connectivity index (χ1) is 13.3. The summed E-state index contributed by atoms with van der Waals surface area (Å²) in [5, 5.41) is 9.03. The number of aliphatic imine (C=N–C) groups is 1. The van der Waals surface area contributed by atoms with Gasteiger partial charge in [0, 0.05) is 30.2 Å². The summed E-state index contributed by atoms with van der Waals surface area (Å²) in [7, 11) is -1.55. The van der Waals surface area contributed by atoms with Gasteiger partial charge in [-0.05, 0) is 12.5 Å². The fourth-order valence-electron chi connectivity index (χ4n) is 3.39. The van der Waals surface area contributed by atoms with E-state index < -0.39 is 21.7 Å². The molecule has 2 fully saturated rings. The molecule has 152 valence electrons. The molecule has 1 aromatic rings. The van der Waals surface area contributed by atoms with Crippen LogP contribution >= 0.6 is 11.8 Å². The van der Waals surface area contributed by atoms with Crippen LogP contribution in [0.3, 0.4) is 0 Å². The number of carbonyl (C=O) groups excluding carboxylic acids is 1. The highest BCUT2D eigenvalue weighted by Crippen LogP contribution is 2.39. The average molecular weight is 427 g/mol. The van der Waals surface area contributed by atoms with E-state index in [1.54, 1.807) is 7.11 Å². The summed E-state index contributed by atoms with van der Waals surface area (Å²) in [6.45, 7) is 0.384. The zero-order valence-electron chi connectivity index (χ0n) is 15.4. The number of carboxylic acid groups (broad SMARTS) is 1. The lowest BCUT2D eigenvalue weighted by Gasteiger charge is -2.25. The number of carbonyl (C=O) groups is 2. The van der Waals surface area contributed by atoms with Crippen molar-refractivity contribution < 1.29 is 27.9 Å². The van der Waals surface area contributed by atoms with Crippen molar-refractivity contribution in [3.63, 3.8) is 0 Å². The number of methoxy groups -OCH3 is 1. The first-order valence-corrected chi connectivity index (χ1v) is 11.6. The van der Waals surface area contributed by atoms with Gasteiger partial charge in [0.05, 0.1) is 24.7 Å². The Morgan fingerprint density at radius 1 is 1.29 bits per heavy atom. The Labute approximate surface area is 167 Å². The molecule has 0 unspecified atom stereocenters.